The van der Waals surface area contributed by atoms with Gasteiger partial charge in [-0.15, -0.1) is 0 Å². The van der Waals surface area contributed by atoms with Gasteiger partial charge in [-0.3, -0.25) is 4.79 Å². The predicted molar refractivity (Wildman–Crippen MR) is 59.2 cm³/mol. The Kier molecular flexibility index (Phi) is 7.09. The number of hydrogen-bond donors (Lipinski definition) is 1. The van der Waals surface area contributed by atoms with Crippen LogP contribution in [-0.2, 0) is 4.79 Å². The highest BCUT2D eigenvalue weighted by atomic mass is 32.2. The molecule has 1 unspecified atom stereocenters. The zero-order valence-corrected chi connectivity index (χ0v) is 9.78. The summed E-state index contributed by atoms with van der Waals surface area (Å²) in [6.45, 7) is 2.56. The van der Waals surface area contributed by atoms with E-state index in [1.807, 2.05) is 11.8 Å². The van der Waals surface area contributed by atoms with E-state index in [2.05, 4.69) is 18.5 Å². The fourth-order valence-electron chi connectivity index (χ4n) is 0.816. The van der Waals surface area contributed by atoms with E-state index in [0.717, 1.165) is 12.2 Å². The minimum Gasteiger partial charge on any atom is -0.348 e. The van der Waals surface area contributed by atoms with Crippen molar-refractivity contribution < 1.29 is 4.79 Å². The fraction of sp³-hybridized carbons (Fsp3) is 0.889. The van der Waals surface area contributed by atoms with Crippen LogP contribution in [0.4, 0.5) is 0 Å². The van der Waals surface area contributed by atoms with Crippen molar-refractivity contribution in [2.45, 2.75) is 19.4 Å². The van der Waals surface area contributed by atoms with Crippen molar-refractivity contribution in [1.82, 2.24) is 10.2 Å². The van der Waals surface area contributed by atoms with E-state index >= 15 is 0 Å². The van der Waals surface area contributed by atoms with E-state index in [1.165, 1.54) is 0 Å². The first-order valence-corrected chi connectivity index (χ1v) is 5.89. The maximum absolute atomic E-state index is 11.2. The second kappa shape index (κ2) is 7.21. The molecule has 0 fully saturated rings. The van der Waals surface area contributed by atoms with Gasteiger partial charge in [0.1, 0.15) is 0 Å². The third-order valence-corrected chi connectivity index (χ3v) is 2.50. The third kappa shape index (κ3) is 6.90. The molecule has 0 aliphatic carbocycles. The van der Waals surface area contributed by atoms with Crippen molar-refractivity contribution in [2.24, 2.45) is 0 Å². The lowest BCUT2D eigenvalue weighted by Gasteiger charge is -2.15. The monoisotopic (exact) mass is 204 g/mol. The average Bonchev–Trinajstić information content (AvgIpc) is 2.10. The number of carbonyl (C=O) groups excluding carboxylic acids is 1. The van der Waals surface area contributed by atoms with E-state index in [1.54, 1.807) is 19.0 Å². The SMILES string of the molecule is CSCCC(C)NCC(=O)N(C)C. The van der Waals surface area contributed by atoms with Crippen molar-refractivity contribution in [3.05, 3.63) is 0 Å². The summed E-state index contributed by atoms with van der Waals surface area (Å²) in [5.74, 6) is 1.28. The Bertz CT molecular complexity index is 151. The summed E-state index contributed by atoms with van der Waals surface area (Å²) in [6, 6.07) is 0.427. The van der Waals surface area contributed by atoms with Gasteiger partial charge in [0.15, 0.2) is 0 Å². The van der Waals surface area contributed by atoms with E-state index in [0.29, 0.717) is 12.6 Å². The molecule has 1 atom stereocenters. The first-order chi connectivity index (χ1) is 6.07. The van der Waals surface area contributed by atoms with Gasteiger partial charge in [-0.1, -0.05) is 0 Å². The number of nitrogens with one attached hydrogen (secondary N) is 1. The molecule has 0 rings (SSSR count). The highest BCUT2D eigenvalue weighted by Crippen LogP contribution is 1.99. The maximum atomic E-state index is 11.2. The largest absolute Gasteiger partial charge is 0.348 e. The summed E-state index contributed by atoms with van der Waals surface area (Å²) in [4.78, 5) is 12.8. The molecular weight excluding hydrogens is 184 g/mol. The minimum absolute atomic E-state index is 0.135. The Morgan fingerprint density at radius 2 is 2.15 bits per heavy atom. The number of rotatable bonds is 6. The molecule has 0 spiro atoms. The van der Waals surface area contributed by atoms with E-state index in [9.17, 15) is 4.79 Å². The lowest BCUT2D eigenvalue weighted by Crippen LogP contribution is -2.37. The summed E-state index contributed by atoms with van der Waals surface area (Å²) < 4.78 is 0. The van der Waals surface area contributed by atoms with Gasteiger partial charge in [0.25, 0.3) is 0 Å². The summed E-state index contributed by atoms with van der Waals surface area (Å²) in [7, 11) is 3.55. The van der Waals surface area contributed by atoms with Crippen molar-refractivity contribution >= 4 is 17.7 Å². The minimum atomic E-state index is 0.135. The molecule has 0 heterocycles. The maximum Gasteiger partial charge on any atom is 0.236 e. The standard InChI is InChI=1S/C9H20N2OS/c1-8(5-6-13-4)10-7-9(12)11(2)3/h8,10H,5-7H2,1-4H3. The van der Waals surface area contributed by atoms with E-state index in [-0.39, 0.29) is 5.91 Å². The first kappa shape index (κ1) is 12.8. The summed E-state index contributed by atoms with van der Waals surface area (Å²) in [5.41, 5.74) is 0. The number of nitrogens with zero attached hydrogens (tertiary/aromatic N) is 1. The molecule has 1 amide bonds. The van der Waals surface area contributed by atoms with Crippen molar-refractivity contribution in [3.8, 4) is 0 Å². The van der Waals surface area contributed by atoms with Gasteiger partial charge in [0.2, 0.25) is 5.91 Å². The molecule has 3 nitrogen and oxygen atoms in total. The highest BCUT2D eigenvalue weighted by Gasteiger charge is 2.06. The molecule has 0 aromatic rings. The van der Waals surface area contributed by atoms with Crippen LogP contribution in [0, 0.1) is 0 Å². The molecule has 13 heavy (non-hydrogen) atoms. The van der Waals surface area contributed by atoms with Gasteiger partial charge in [0.05, 0.1) is 6.54 Å². The van der Waals surface area contributed by atoms with Crippen molar-refractivity contribution in [2.75, 3.05) is 32.6 Å². The van der Waals surface area contributed by atoms with Crippen LogP contribution in [0.1, 0.15) is 13.3 Å². The van der Waals surface area contributed by atoms with Crippen LogP contribution in [0.25, 0.3) is 0 Å². The zero-order valence-electron chi connectivity index (χ0n) is 8.96. The Labute approximate surface area is 85.3 Å². The number of thioether (sulfide) groups is 1. The molecular formula is C9H20N2OS. The molecule has 0 aliphatic heterocycles. The van der Waals surface area contributed by atoms with Gasteiger partial charge in [-0.05, 0) is 25.4 Å². The van der Waals surface area contributed by atoms with Gasteiger partial charge in [0, 0.05) is 20.1 Å². The van der Waals surface area contributed by atoms with Crippen LogP contribution in [0.15, 0.2) is 0 Å². The molecule has 1 N–H and O–H groups in total. The lowest BCUT2D eigenvalue weighted by molar-refractivity contribution is -0.127. The molecule has 0 aromatic carbocycles. The summed E-state index contributed by atoms with van der Waals surface area (Å²) in [6.07, 6.45) is 3.21. The van der Waals surface area contributed by atoms with Gasteiger partial charge in [-0.2, -0.15) is 11.8 Å². The van der Waals surface area contributed by atoms with Crippen molar-refractivity contribution in [3.63, 3.8) is 0 Å². The summed E-state index contributed by atoms with van der Waals surface area (Å²) >= 11 is 1.84. The number of hydrogen-bond acceptors (Lipinski definition) is 3. The highest BCUT2D eigenvalue weighted by molar-refractivity contribution is 7.98. The van der Waals surface area contributed by atoms with Gasteiger partial charge < -0.3 is 10.2 Å². The molecule has 0 aromatic heterocycles. The van der Waals surface area contributed by atoms with E-state index in [4.69, 9.17) is 0 Å². The Hall–Kier alpha value is -0.220. The topological polar surface area (TPSA) is 32.3 Å². The molecule has 0 aliphatic rings. The van der Waals surface area contributed by atoms with Crippen LogP contribution in [-0.4, -0.2) is 49.5 Å². The number of amides is 1. The van der Waals surface area contributed by atoms with Crippen LogP contribution in [0.3, 0.4) is 0 Å². The number of likely N-dealkylation sites (N-methyl/N-ethyl adjacent to an activating group) is 1. The number of carbonyl (C=O) groups is 1. The smallest absolute Gasteiger partial charge is 0.236 e. The van der Waals surface area contributed by atoms with Crippen LogP contribution in [0.5, 0.6) is 0 Å². The Morgan fingerprint density at radius 3 is 2.62 bits per heavy atom. The Balaban J connectivity index is 3.46. The normalized spacial score (nSPS) is 12.6. The van der Waals surface area contributed by atoms with Crippen LogP contribution < -0.4 is 5.32 Å². The van der Waals surface area contributed by atoms with Gasteiger partial charge in [-0.25, -0.2) is 0 Å². The molecule has 78 valence electrons. The second-order valence-corrected chi connectivity index (χ2v) is 4.34. The molecule has 0 saturated carbocycles. The third-order valence-electron chi connectivity index (χ3n) is 1.86. The average molecular weight is 204 g/mol. The van der Waals surface area contributed by atoms with Crippen LogP contribution >= 0.6 is 11.8 Å². The first-order valence-electron chi connectivity index (χ1n) is 4.50. The van der Waals surface area contributed by atoms with Crippen molar-refractivity contribution in [1.29, 1.82) is 0 Å². The molecule has 0 saturated heterocycles. The fourth-order valence-corrected chi connectivity index (χ4v) is 1.41. The molecule has 0 radical (unpaired) electrons. The second-order valence-electron chi connectivity index (χ2n) is 3.35. The Morgan fingerprint density at radius 1 is 1.54 bits per heavy atom. The van der Waals surface area contributed by atoms with Crippen LogP contribution in [0.2, 0.25) is 0 Å². The van der Waals surface area contributed by atoms with Gasteiger partial charge >= 0.3 is 0 Å². The quantitative estimate of drug-likeness (QED) is 0.695. The summed E-state index contributed by atoms with van der Waals surface area (Å²) in [5, 5.41) is 3.19. The predicted octanol–water partition coefficient (Wildman–Crippen LogP) is 0.806. The lowest BCUT2D eigenvalue weighted by atomic mass is 10.2. The molecule has 0 bridgehead atoms. The molecule has 4 heteroatoms. The zero-order chi connectivity index (χ0) is 10.3. The van der Waals surface area contributed by atoms with E-state index < -0.39 is 0 Å².